The third kappa shape index (κ3) is 3.81. The molecular weight excluding hydrogens is 316 g/mol. The third-order valence-corrected chi connectivity index (χ3v) is 5.06. The molecular formula is C20H24N2O3. The predicted molar refractivity (Wildman–Crippen MR) is 94.3 cm³/mol. The van der Waals surface area contributed by atoms with E-state index in [0.717, 1.165) is 5.56 Å². The van der Waals surface area contributed by atoms with Gasteiger partial charge >= 0.3 is 0 Å². The number of nitrogens with zero attached hydrogens (tertiary/aromatic N) is 1. The third-order valence-electron chi connectivity index (χ3n) is 5.06. The van der Waals surface area contributed by atoms with Gasteiger partial charge in [-0.15, -0.1) is 0 Å². The van der Waals surface area contributed by atoms with Crippen molar-refractivity contribution >= 4 is 17.7 Å². The number of rotatable bonds is 6. The summed E-state index contributed by atoms with van der Waals surface area (Å²) >= 11 is 0. The Hall–Kier alpha value is -2.43. The largest absolute Gasteiger partial charge is 0.350 e. The average molecular weight is 340 g/mol. The number of hydrogen-bond donors (Lipinski definition) is 1. The summed E-state index contributed by atoms with van der Waals surface area (Å²) in [6, 6.07) is 9.71. The van der Waals surface area contributed by atoms with Crippen LogP contribution < -0.4 is 5.32 Å². The summed E-state index contributed by atoms with van der Waals surface area (Å²) in [6.45, 7) is 2.27. The van der Waals surface area contributed by atoms with Gasteiger partial charge in [0.05, 0.1) is 17.9 Å². The molecule has 0 spiro atoms. The fourth-order valence-electron chi connectivity index (χ4n) is 3.63. The summed E-state index contributed by atoms with van der Waals surface area (Å²) < 4.78 is 0. The first kappa shape index (κ1) is 17.4. The lowest BCUT2D eigenvalue weighted by Gasteiger charge is -2.16. The lowest BCUT2D eigenvalue weighted by atomic mass is 9.85. The zero-order valence-electron chi connectivity index (χ0n) is 14.5. The van der Waals surface area contributed by atoms with Crippen LogP contribution in [0.1, 0.15) is 44.2 Å². The van der Waals surface area contributed by atoms with E-state index < -0.39 is 0 Å². The van der Waals surface area contributed by atoms with Gasteiger partial charge in [-0.05, 0) is 31.7 Å². The molecule has 5 nitrogen and oxygen atoms in total. The van der Waals surface area contributed by atoms with Crippen LogP contribution >= 0.6 is 0 Å². The lowest BCUT2D eigenvalue weighted by molar-refractivity contribution is -0.140. The van der Waals surface area contributed by atoms with Gasteiger partial charge in [0, 0.05) is 13.0 Å². The fraction of sp³-hybridized carbons (Fsp3) is 0.450. The normalized spacial score (nSPS) is 23.5. The summed E-state index contributed by atoms with van der Waals surface area (Å²) in [5.74, 6) is -0.585. The number of imide groups is 1. The summed E-state index contributed by atoms with van der Waals surface area (Å²) in [4.78, 5) is 38.2. The van der Waals surface area contributed by atoms with Crippen LogP contribution in [0.4, 0.5) is 0 Å². The summed E-state index contributed by atoms with van der Waals surface area (Å²) in [6.07, 6.45) is 6.07. The molecule has 0 radical (unpaired) electrons. The highest BCUT2D eigenvalue weighted by molar-refractivity contribution is 6.05. The highest BCUT2D eigenvalue weighted by Gasteiger charge is 2.46. The molecule has 1 N–H and O–H groups in total. The van der Waals surface area contributed by atoms with Crippen LogP contribution in [0.2, 0.25) is 0 Å². The zero-order valence-corrected chi connectivity index (χ0v) is 14.5. The van der Waals surface area contributed by atoms with Crippen molar-refractivity contribution in [2.24, 2.45) is 11.8 Å². The van der Waals surface area contributed by atoms with Crippen LogP contribution in [0.3, 0.4) is 0 Å². The van der Waals surface area contributed by atoms with Gasteiger partial charge in [-0.1, -0.05) is 42.5 Å². The number of likely N-dealkylation sites (tertiary alicyclic amines) is 1. The molecule has 1 aromatic carbocycles. The van der Waals surface area contributed by atoms with Crippen molar-refractivity contribution in [1.29, 1.82) is 0 Å². The second-order valence-electron chi connectivity index (χ2n) is 6.79. The molecule has 0 saturated carbocycles. The molecule has 0 unspecified atom stereocenters. The monoisotopic (exact) mass is 340 g/mol. The quantitative estimate of drug-likeness (QED) is 0.639. The first-order valence-electron chi connectivity index (χ1n) is 8.92. The second-order valence-corrected chi connectivity index (χ2v) is 6.79. The molecule has 132 valence electrons. The van der Waals surface area contributed by atoms with E-state index in [1.807, 2.05) is 49.4 Å². The van der Waals surface area contributed by atoms with Crippen LogP contribution in [-0.2, 0) is 14.4 Å². The van der Waals surface area contributed by atoms with Crippen molar-refractivity contribution in [2.75, 3.05) is 6.54 Å². The topological polar surface area (TPSA) is 66.5 Å². The Kier molecular flexibility index (Phi) is 5.31. The number of amides is 3. The van der Waals surface area contributed by atoms with Crippen molar-refractivity contribution in [3.8, 4) is 0 Å². The minimum absolute atomic E-state index is 0.0577. The van der Waals surface area contributed by atoms with Crippen LogP contribution in [-0.4, -0.2) is 29.2 Å². The summed E-state index contributed by atoms with van der Waals surface area (Å²) in [7, 11) is 0. The van der Waals surface area contributed by atoms with E-state index in [1.165, 1.54) is 4.90 Å². The molecule has 3 atom stereocenters. The molecule has 0 bridgehead atoms. The van der Waals surface area contributed by atoms with E-state index in [2.05, 4.69) is 5.32 Å². The van der Waals surface area contributed by atoms with Crippen LogP contribution in [0.5, 0.6) is 0 Å². The van der Waals surface area contributed by atoms with Gasteiger partial charge in [-0.2, -0.15) is 0 Å². The maximum absolute atomic E-state index is 12.4. The van der Waals surface area contributed by atoms with Gasteiger partial charge in [0.2, 0.25) is 17.7 Å². The molecule has 5 heteroatoms. The van der Waals surface area contributed by atoms with E-state index in [1.54, 1.807) is 0 Å². The Morgan fingerprint density at radius 2 is 1.72 bits per heavy atom. The van der Waals surface area contributed by atoms with Crippen molar-refractivity contribution in [1.82, 2.24) is 10.2 Å². The van der Waals surface area contributed by atoms with E-state index in [-0.39, 0.29) is 35.6 Å². The Morgan fingerprint density at radius 1 is 1.12 bits per heavy atom. The van der Waals surface area contributed by atoms with Crippen molar-refractivity contribution in [3.63, 3.8) is 0 Å². The van der Waals surface area contributed by atoms with Crippen molar-refractivity contribution in [2.45, 2.75) is 38.6 Å². The van der Waals surface area contributed by atoms with Gasteiger partial charge in [-0.25, -0.2) is 0 Å². The SMILES string of the molecule is C[C@H](NC(=O)CCCN1C(=O)[C@H]2CC=CC[C@@H]2C1=O)c1ccccc1. The predicted octanol–water partition coefficient (Wildman–Crippen LogP) is 2.60. The molecule has 25 heavy (non-hydrogen) atoms. The number of benzene rings is 1. The van der Waals surface area contributed by atoms with Gasteiger partial charge in [0.15, 0.2) is 0 Å². The molecule has 2 aliphatic rings. The minimum Gasteiger partial charge on any atom is -0.350 e. The maximum Gasteiger partial charge on any atom is 0.233 e. The summed E-state index contributed by atoms with van der Waals surface area (Å²) in [5.41, 5.74) is 1.05. The summed E-state index contributed by atoms with van der Waals surface area (Å²) in [5, 5.41) is 2.96. The highest BCUT2D eigenvalue weighted by atomic mass is 16.2. The van der Waals surface area contributed by atoms with E-state index in [9.17, 15) is 14.4 Å². The molecule has 3 rings (SSSR count). The number of nitrogens with one attached hydrogen (secondary N) is 1. The van der Waals surface area contributed by atoms with Crippen LogP contribution in [0, 0.1) is 11.8 Å². The number of allylic oxidation sites excluding steroid dienone is 2. The molecule has 1 aliphatic heterocycles. The van der Waals surface area contributed by atoms with Gasteiger partial charge < -0.3 is 5.32 Å². The standard InChI is InChI=1S/C20H24N2O3/c1-14(15-8-3-2-4-9-15)21-18(23)12-7-13-22-19(24)16-10-5-6-11-17(16)20(22)25/h2-6,8-9,14,16-17H,7,10-13H2,1H3,(H,21,23)/t14-,16-,17-/m0/s1. The van der Waals surface area contributed by atoms with Gasteiger partial charge in [0.1, 0.15) is 0 Å². The van der Waals surface area contributed by atoms with Gasteiger partial charge in [0.25, 0.3) is 0 Å². The average Bonchev–Trinajstić information content (AvgIpc) is 2.87. The van der Waals surface area contributed by atoms with Crippen LogP contribution in [0.25, 0.3) is 0 Å². The molecule has 1 heterocycles. The molecule has 0 aromatic heterocycles. The zero-order chi connectivity index (χ0) is 17.8. The molecule has 1 aromatic rings. The van der Waals surface area contributed by atoms with Crippen molar-refractivity contribution < 1.29 is 14.4 Å². The number of fused-ring (bicyclic) bond motifs is 1. The maximum atomic E-state index is 12.4. The number of hydrogen-bond acceptors (Lipinski definition) is 3. The van der Waals surface area contributed by atoms with E-state index in [0.29, 0.717) is 32.2 Å². The first-order valence-corrected chi connectivity index (χ1v) is 8.92. The Labute approximate surface area is 148 Å². The smallest absolute Gasteiger partial charge is 0.233 e. The number of carbonyl (C=O) groups is 3. The Balaban J connectivity index is 1.46. The molecule has 1 saturated heterocycles. The Bertz CT molecular complexity index is 657. The molecule has 1 aliphatic carbocycles. The fourth-order valence-corrected chi connectivity index (χ4v) is 3.63. The van der Waals surface area contributed by atoms with E-state index in [4.69, 9.17) is 0 Å². The highest BCUT2D eigenvalue weighted by Crippen LogP contribution is 2.35. The first-order chi connectivity index (χ1) is 12.1. The minimum atomic E-state index is -0.190. The molecule has 1 fully saturated rings. The van der Waals surface area contributed by atoms with E-state index >= 15 is 0 Å². The second kappa shape index (κ2) is 7.64. The number of carbonyl (C=O) groups excluding carboxylic acids is 3. The Morgan fingerprint density at radius 3 is 2.32 bits per heavy atom. The lowest BCUT2D eigenvalue weighted by Crippen LogP contribution is -2.33. The van der Waals surface area contributed by atoms with Crippen LogP contribution in [0.15, 0.2) is 42.5 Å². The molecule has 3 amide bonds. The van der Waals surface area contributed by atoms with Gasteiger partial charge in [-0.3, -0.25) is 19.3 Å². The van der Waals surface area contributed by atoms with Crippen molar-refractivity contribution in [3.05, 3.63) is 48.0 Å².